The highest BCUT2D eigenvalue weighted by molar-refractivity contribution is 6.34. The van der Waals surface area contributed by atoms with Crippen LogP contribution < -0.4 is 26.4 Å². The zero-order chi connectivity index (χ0) is 16.4. The molecule has 8 heteroatoms. The summed E-state index contributed by atoms with van der Waals surface area (Å²) in [5, 5.41) is 1.92. The number of carbonyl (C=O) groups is 1. The zero-order valence-electron chi connectivity index (χ0n) is 12.8. The number of hydrogen-bond donors (Lipinski definition) is 3. The van der Waals surface area contributed by atoms with Gasteiger partial charge in [0.05, 0.1) is 28.6 Å². The van der Waals surface area contributed by atoms with Crippen LogP contribution in [-0.4, -0.2) is 18.1 Å². The molecule has 1 aliphatic heterocycles. The number of hydrazine groups is 3. The zero-order valence-corrected chi connectivity index (χ0v) is 13.6. The Bertz CT molecular complexity index is 738. The van der Waals surface area contributed by atoms with Gasteiger partial charge in [0.15, 0.2) is 0 Å². The number of aryl methyl sites for hydroxylation is 1. The SMILES string of the molecule is Cc1ccnc(CN(C)c2c(Cl)cccc2N2NNNC2=O)c1. The van der Waals surface area contributed by atoms with Crippen LogP contribution in [0.2, 0.25) is 5.02 Å². The second kappa shape index (κ2) is 6.41. The number of anilines is 2. The molecular weight excluding hydrogens is 316 g/mol. The lowest BCUT2D eigenvalue weighted by atomic mass is 10.2. The molecule has 0 radical (unpaired) electrons. The van der Waals surface area contributed by atoms with Gasteiger partial charge in [0.2, 0.25) is 0 Å². The smallest absolute Gasteiger partial charge is 0.353 e. The first-order valence-corrected chi connectivity index (χ1v) is 7.46. The van der Waals surface area contributed by atoms with E-state index in [2.05, 4.69) is 21.5 Å². The highest BCUT2D eigenvalue weighted by atomic mass is 35.5. The van der Waals surface area contributed by atoms with Gasteiger partial charge in [-0.2, -0.15) is 0 Å². The Morgan fingerprint density at radius 1 is 1.35 bits per heavy atom. The molecule has 2 amide bonds. The van der Waals surface area contributed by atoms with Crippen molar-refractivity contribution in [1.29, 1.82) is 0 Å². The van der Waals surface area contributed by atoms with Gasteiger partial charge >= 0.3 is 6.03 Å². The first-order chi connectivity index (χ1) is 11.1. The average molecular weight is 333 g/mol. The maximum absolute atomic E-state index is 11.9. The molecule has 0 unspecified atom stereocenters. The average Bonchev–Trinajstić information content (AvgIpc) is 2.93. The number of urea groups is 1. The van der Waals surface area contributed by atoms with Crippen molar-refractivity contribution in [3.63, 3.8) is 0 Å². The summed E-state index contributed by atoms with van der Waals surface area (Å²) in [6.07, 6.45) is 1.78. The summed E-state index contributed by atoms with van der Waals surface area (Å²) < 4.78 is 0. The lowest BCUT2D eigenvalue weighted by Gasteiger charge is -2.26. The normalized spacial score (nSPS) is 14.0. The third kappa shape index (κ3) is 3.21. The highest BCUT2D eigenvalue weighted by Gasteiger charge is 2.26. The largest absolute Gasteiger partial charge is 0.366 e. The van der Waals surface area contributed by atoms with Gasteiger partial charge in [-0.1, -0.05) is 17.7 Å². The Morgan fingerprint density at radius 3 is 2.87 bits per heavy atom. The number of rotatable bonds is 4. The minimum absolute atomic E-state index is 0.310. The molecule has 1 fully saturated rings. The number of amides is 2. The van der Waals surface area contributed by atoms with Crippen LogP contribution in [0.15, 0.2) is 36.5 Å². The molecule has 120 valence electrons. The summed E-state index contributed by atoms with van der Waals surface area (Å²) in [6.45, 7) is 2.59. The van der Waals surface area contributed by atoms with Gasteiger partial charge < -0.3 is 4.90 Å². The van der Waals surface area contributed by atoms with Gasteiger partial charge in [0.1, 0.15) is 0 Å². The number of para-hydroxylation sites is 1. The van der Waals surface area contributed by atoms with E-state index in [0.717, 1.165) is 16.9 Å². The predicted octanol–water partition coefficient (Wildman–Crippen LogP) is 2.13. The second-order valence-corrected chi connectivity index (χ2v) is 5.70. The van der Waals surface area contributed by atoms with Crippen LogP contribution >= 0.6 is 11.6 Å². The highest BCUT2D eigenvalue weighted by Crippen LogP contribution is 2.36. The molecular formula is C15H17ClN6O. The first-order valence-electron chi connectivity index (χ1n) is 7.08. The minimum atomic E-state index is -0.310. The molecule has 1 saturated heterocycles. The van der Waals surface area contributed by atoms with Gasteiger partial charge in [0, 0.05) is 13.2 Å². The van der Waals surface area contributed by atoms with Crippen molar-refractivity contribution >= 4 is 29.0 Å². The Hall–Kier alpha value is -2.35. The summed E-state index contributed by atoms with van der Waals surface area (Å²) in [5.74, 6) is 0. The predicted molar refractivity (Wildman–Crippen MR) is 89.8 cm³/mol. The lowest BCUT2D eigenvalue weighted by molar-refractivity contribution is 0.250. The summed E-state index contributed by atoms with van der Waals surface area (Å²) in [4.78, 5) is 18.2. The molecule has 0 spiro atoms. The fourth-order valence-electron chi connectivity index (χ4n) is 2.48. The molecule has 3 rings (SSSR count). The van der Waals surface area contributed by atoms with E-state index in [1.54, 1.807) is 18.3 Å². The first kappa shape index (κ1) is 15.5. The maximum Gasteiger partial charge on any atom is 0.353 e. The van der Waals surface area contributed by atoms with E-state index in [9.17, 15) is 4.79 Å². The van der Waals surface area contributed by atoms with Crippen LogP contribution in [0.5, 0.6) is 0 Å². The van der Waals surface area contributed by atoms with Gasteiger partial charge in [-0.15, -0.1) is 11.1 Å². The standard InChI is InChI=1S/C15H17ClN6O/c1-10-6-7-17-11(8-10)9-21(2)14-12(16)4-3-5-13(14)22-15(23)18-19-20-22/h3-8,19-20H,9H2,1-2H3,(H,18,23). The van der Waals surface area contributed by atoms with E-state index in [1.165, 1.54) is 5.01 Å². The van der Waals surface area contributed by atoms with Crippen molar-refractivity contribution in [1.82, 2.24) is 21.5 Å². The third-order valence-electron chi connectivity index (χ3n) is 3.50. The number of benzene rings is 1. The Kier molecular flexibility index (Phi) is 4.33. The molecule has 0 aliphatic carbocycles. The van der Waals surface area contributed by atoms with E-state index in [-0.39, 0.29) is 6.03 Å². The summed E-state index contributed by atoms with van der Waals surface area (Å²) in [7, 11) is 1.91. The Balaban J connectivity index is 1.93. The number of nitrogens with zero attached hydrogens (tertiary/aromatic N) is 3. The van der Waals surface area contributed by atoms with Crippen molar-refractivity contribution in [2.24, 2.45) is 0 Å². The van der Waals surface area contributed by atoms with E-state index in [1.807, 2.05) is 37.1 Å². The van der Waals surface area contributed by atoms with Crippen LogP contribution in [0.3, 0.4) is 0 Å². The molecule has 0 saturated carbocycles. The number of halogens is 1. The summed E-state index contributed by atoms with van der Waals surface area (Å²) in [5.41, 5.74) is 11.2. The van der Waals surface area contributed by atoms with Crippen molar-refractivity contribution in [3.8, 4) is 0 Å². The van der Waals surface area contributed by atoms with Crippen molar-refractivity contribution in [3.05, 3.63) is 52.8 Å². The molecule has 7 nitrogen and oxygen atoms in total. The van der Waals surface area contributed by atoms with E-state index < -0.39 is 0 Å². The molecule has 2 aromatic rings. The summed E-state index contributed by atoms with van der Waals surface area (Å²) >= 11 is 6.38. The molecule has 0 bridgehead atoms. The van der Waals surface area contributed by atoms with Crippen molar-refractivity contribution in [2.75, 3.05) is 17.0 Å². The number of nitrogens with one attached hydrogen (secondary N) is 3. The fraction of sp³-hybridized carbons (Fsp3) is 0.200. The van der Waals surface area contributed by atoms with Gasteiger partial charge in [0.25, 0.3) is 0 Å². The minimum Gasteiger partial charge on any atom is -0.366 e. The molecule has 3 N–H and O–H groups in total. The van der Waals surface area contributed by atoms with Crippen LogP contribution in [-0.2, 0) is 6.54 Å². The van der Waals surface area contributed by atoms with Gasteiger partial charge in [-0.25, -0.2) is 9.80 Å². The van der Waals surface area contributed by atoms with E-state index >= 15 is 0 Å². The number of aromatic nitrogens is 1. The van der Waals surface area contributed by atoms with Crippen LogP contribution in [0.4, 0.5) is 16.2 Å². The lowest BCUT2D eigenvalue weighted by Crippen LogP contribution is -2.38. The Morgan fingerprint density at radius 2 is 2.17 bits per heavy atom. The van der Waals surface area contributed by atoms with Gasteiger partial charge in [-0.3, -0.25) is 10.4 Å². The van der Waals surface area contributed by atoms with Crippen LogP contribution in [0.25, 0.3) is 0 Å². The number of pyridine rings is 1. The summed E-state index contributed by atoms with van der Waals surface area (Å²) in [6, 6.07) is 9.08. The molecule has 2 heterocycles. The van der Waals surface area contributed by atoms with E-state index in [4.69, 9.17) is 11.6 Å². The monoisotopic (exact) mass is 332 g/mol. The number of carbonyl (C=O) groups excluding carboxylic acids is 1. The molecule has 1 aliphatic rings. The topological polar surface area (TPSA) is 72.5 Å². The van der Waals surface area contributed by atoms with Crippen molar-refractivity contribution in [2.45, 2.75) is 13.5 Å². The van der Waals surface area contributed by atoms with E-state index in [0.29, 0.717) is 17.3 Å². The molecule has 1 aromatic carbocycles. The molecule has 0 atom stereocenters. The third-order valence-corrected chi connectivity index (χ3v) is 3.80. The quantitative estimate of drug-likeness (QED) is 0.800. The molecule has 23 heavy (non-hydrogen) atoms. The fourth-order valence-corrected chi connectivity index (χ4v) is 2.80. The van der Waals surface area contributed by atoms with Gasteiger partial charge in [-0.05, 0) is 36.8 Å². The number of hydrogen-bond acceptors (Lipinski definition) is 5. The van der Waals surface area contributed by atoms with Crippen molar-refractivity contribution < 1.29 is 4.79 Å². The van der Waals surface area contributed by atoms with Crippen LogP contribution in [0, 0.1) is 6.92 Å². The molecule has 1 aromatic heterocycles. The Labute approximate surface area is 139 Å². The van der Waals surface area contributed by atoms with Crippen LogP contribution in [0.1, 0.15) is 11.3 Å². The maximum atomic E-state index is 11.9. The second-order valence-electron chi connectivity index (χ2n) is 5.29.